The van der Waals surface area contributed by atoms with Gasteiger partial charge in [-0.1, -0.05) is 97.1 Å². The van der Waals surface area contributed by atoms with Crippen LogP contribution in [0.2, 0.25) is 0 Å². The van der Waals surface area contributed by atoms with E-state index in [1.54, 1.807) is 11.1 Å². The lowest BCUT2D eigenvalue weighted by molar-refractivity contribution is -0.144. The van der Waals surface area contributed by atoms with E-state index in [1.165, 1.54) is 29.8 Å². The van der Waals surface area contributed by atoms with Gasteiger partial charge < -0.3 is 9.80 Å². The lowest BCUT2D eigenvalue weighted by Crippen LogP contribution is -2.52. The number of aromatic nitrogens is 1. The number of hydrogen-bond acceptors (Lipinski definition) is 3. The Morgan fingerprint density at radius 3 is 2.17 bits per heavy atom. The van der Waals surface area contributed by atoms with Gasteiger partial charge in [-0.3, -0.25) is 14.6 Å². The fraction of sp³-hybridized carbons (Fsp3) is 0.175. The predicted molar refractivity (Wildman–Crippen MR) is 180 cm³/mol. The third-order valence-electron chi connectivity index (χ3n) is 8.58. The second-order valence-electron chi connectivity index (χ2n) is 11.8. The summed E-state index contributed by atoms with van der Waals surface area (Å²) in [6, 6.07) is 34.8. The number of carbonyl (C=O) groups is 2. The van der Waals surface area contributed by atoms with Crippen molar-refractivity contribution in [2.45, 2.75) is 38.1 Å². The van der Waals surface area contributed by atoms with E-state index in [0.717, 1.165) is 46.5 Å². The zero-order valence-electron chi connectivity index (χ0n) is 26.2. The minimum absolute atomic E-state index is 0.145. The zero-order chi connectivity index (χ0) is 33.5. The Kier molecular flexibility index (Phi) is 9.80. The van der Waals surface area contributed by atoms with Crippen LogP contribution in [0.15, 0.2) is 134 Å². The van der Waals surface area contributed by atoms with Gasteiger partial charge in [-0.2, -0.15) is 13.2 Å². The topological polar surface area (TPSA) is 53.5 Å². The molecule has 1 aliphatic heterocycles. The van der Waals surface area contributed by atoms with Crippen molar-refractivity contribution in [1.29, 1.82) is 0 Å². The van der Waals surface area contributed by atoms with E-state index in [1.807, 2.05) is 95.9 Å². The fourth-order valence-corrected chi connectivity index (χ4v) is 5.96. The average molecular weight is 646 g/mol. The van der Waals surface area contributed by atoms with Crippen molar-refractivity contribution in [2.75, 3.05) is 6.54 Å². The molecule has 6 rings (SSSR count). The Balaban J connectivity index is 1.34. The van der Waals surface area contributed by atoms with Crippen LogP contribution in [0.1, 0.15) is 33.4 Å². The van der Waals surface area contributed by atoms with Crippen LogP contribution in [-0.4, -0.2) is 39.2 Å². The minimum atomic E-state index is -4.46. The van der Waals surface area contributed by atoms with E-state index in [-0.39, 0.29) is 12.5 Å². The first-order chi connectivity index (χ1) is 23.2. The molecule has 0 aliphatic carbocycles. The Bertz CT molecular complexity index is 1870. The molecule has 8 heteroatoms. The summed E-state index contributed by atoms with van der Waals surface area (Å²) in [5, 5.41) is 0. The molecule has 0 fully saturated rings. The van der Waals surface area contributed by atoms with Gasteiger partial charge in [0.15, 0.2) is 0 Å². The Hall–Kier alpha value is -5.50. The lowest BCUT2D eigenvalue weighted by atomic mass is 9.97. The van der Waals surface area contributed by atoms with Gasteiger partial charge in [0.2, 0.25) is 11.8 Å². The molecule has 4 aromatic carbocycles. The van der Waals surface area contributed by atoms with Gasteiger partial charge >= 0.3 is 6.18 Å². The van der Waals surface area contributed by atoms with Crippen LogP contribution in [0, 0.1) is 0 Å². The van der Waals surface area contributed by atoms with Crippen molar-refractivity contribution < 1.29 is 22.8 Å². The highest BCUT2D eigenvalue weighted by Gasteiger charge is 2.34. The van der Waals surface area contributed by atoms with Gasteiger partial charge in [-0.05, 0) is 64.6 Å². The van der Waals surface area contributed by atoms with Crippen molar-refractivity contribution >= 4 is 17.9 Å². The highest BCUT2D eigenvalue weighted by molar-refractivity contribution is 5.96. The molecule has 48 heavy (non-hydrogen) atoms. The highest BCUT2D eigenvalue weighted by atomic mass is 19.4. The molecule has 5 nitrogen and oxygen atoms in total. The Morgan fingerprint density at radius 1 is 0.792 bits per heavy atom. The van der Waals surface area contributed by atoms with Gasteiger partial charge in [0.05, 0.1) is 11.3 Å². The smallest absolute Gasteiger partial charge is 0.336 e. The molecule has 2 amide bonds. The van der Waals surface area contributed by atoms with Crippen molar-refractivity contribution in [3.05, 3.63) is 167 Å². The maximum Gasteiger partial charge on any atom is 0.416 e. The fourth-order valence-electron chi connectivity index (χ4n) is 5.96. The van der Waals surface area contributed by atoms with Gasteiger partial charge in [0.25, 0.3) is 0 Å². The quantitative estimate of drug-likeness (QED) is 0.153. The zero-order valence-corrected chi connectivity index (χ0v) is 26.2. The first-order valence-corrected chi connectivity index (χ1v) is 15.8. The maximum absolute atomic E-state index is 14.5. The molecule has 0 N–H and O–H groups in total. The second kappa shape index (κ2) is 14.5. The van der Waals surface area contributed by atoms with Crippen LogP contribution < -0.4 is 0 Å². The van der Waals surface area contributed by atoms with E-state index < -0.39 is 23.7 Å². The van der Waals surface area contributed by atoms with E-state index in [2.05, 4.69) is 11.1 Å². The number of benzene rings is 4. The van der Waals surface area contributed by atoms with Crippen molar-refractivity contribution in [3.63, 3.8) is 0 Å². The molecule has 1 aliphatic rings. The molecule has 0 saturated carbocycles. The number of fused-ring (bicyclic) bond motifs is 1. The summed E-state index contributed by atoms with van der Waals surface area (Å²) in [5.41, 5.74) is 5.43. The predicted octanol–water partition coefficient (Wildman–Crippen LogP) is 8.01. The molecule has 0 spiro atoms. The summed E-state index contributed by atoms with van der Waals surface area (Å²) in [6.45, 7) is 1.12. The summed E-state index contributed by atoms with van der Waals surface area (Å²) < 4.78 is 39.4. The summed E-state index contributed by atoms with van der Waals surface area (Å²) in [6.07, 6.45) is 1.11. The highest BCUT2D eigenvalue weighted by Crippen LogP contribution is 2.29. The third-order valence-corrected chi connectivity index (χ3v) is 8.58. The van der Waals surface area contributed by atoms with E-state index >= 15 is 0 Å². The molecule has 1 aromatic heterocycles. The average Bonchev–Trinajstić information content (AvgIpc) is 3.12. The van der Waals surface area contributed by atoms with Gasteiger partial charge in [0.1, 0.15) is 6.04 Å². The number of amides is 2. The molecule has 0 bridgehead atoms. The molecule has 0 radical (unpaired) electrons. The summed E-state index contributed by atoms with van der Waals surface area (Å²) in [4.78, 5) is 36.4. The first-order valence-electron chi connectivity index (χ1n) is 15.8. The molecular formula is C40H34F3N3O2. The van der Waals surface area contributed by atoms with Crippen LogP contribution in [0.5, 0.6) is 0 Å². The van der Waals surface area contributed by atoms with Crippen LogP contribution in [0.25, 0.3) is 17.3 Å². The monoisotopic (exact) mass is 645 g/mol. The molecule has 0 unspecified atom stereocenters. The summed E-state index contributed by atoms with van der Waals surface area (Å²) in [7, 11) is 0. The van der Waals surface area contributed by atoms with Gasteiger partial charge in [-0.15, -0.1) is 0 Å². The number of halogens is 3. The molecular weight excluding hydrogens is 611 g/mol. The first kappa shape index (κ1) is 32.4. The van der Waals surface area contributed by atoms with Crippen LogP contribution >= 0.6 is 0 Å². The number of alkyl halides is 3. The third kappa shape index (κ3) is 7.89. The summed E-state index contributed by atoms with van der Waals surface area (Å²) >= 11 is 0. The number of hydrogen-bond donors (Lipinski definition) is 0. The molecule has 0 saturated heterocycles. The van der Waals surface area contributed by atoms with E-state index in [9.17, 15) is 22.8 Å². The number of carbonyl (C=O) groups excluding carboxylic acids is 2. The maximum atomic E-state index is 14.5. The number of pyridine rings is 1. The van der Waals surface area contributed by atoms with Crippen LogP contribution in [0.4, 0.5) is 13.2 Å². The largest absolute Gasteiger partial charge is 0.416 e. The van der Waals surface area contributed by atoms with E-state index in [0.29, 0.717) is 25.1 Å². The normalized spacial score (nSPS) is 13.6. The number of rotatable bonds is 9. The Morgan fingerprint density at radius 2 is 1.48 bits per heavy atom. The number of nitrogens with zero attached hydrogens (tertiary/aromatic N) is 3. The van der Waals surface area contributed by atoms with Gasteiger partial charge in [-0.25, -0.2) is 0 Å². The molecule has 5 aromatic rings. The van der Waals surface area contributed by atoms with E-state index in [4.69, 9.17) is 0 Å². The lowest BCUT2D eigenvalue weighted by Gasteiger charge is -2.37. The SMILES string of the molecule is O=C([C@H](Cc1ccccc1)N(Cc1ccc(-c2ccccn2)cc1)C(=O)C=Cc1ccc(C(F)(F)F)cc1)N1CCc2ccccc2C1. The van der Waals surface area contributed by atoms with Crippen molar-refractivity contribution in [2.24, 2.45) is 0 Å². The minimum Gasteiger partial charge on any atom is -0.336 e. The van der Waals surface area contributed by atoms with Crippen LogP contribution in [0.3, 0.4) is 0 Å². The van der Waals surface area contributed by atoms with Crippen molar-refractivity contribution in [1.82, 2.24) is 14.8 Å². The molecule has 1 atom stereocenters. The molecule has 2 heterocycles. The van der Waals surface area contributed by atoms with Crippen LogP contribution in [-0.2, 0) is 41.7 Å². The second-order valence-corrected chi connectivity index (χ2v) is 11.8. The standard InChI is InChI=1S/C40H34F3N3O2/c41-40(42,43)35-20-15-29(16-21-35)17-22-38(47)46(27-31-13-18-33(19-14-31)36-12-6-7-24-44-36)37(26-30-8-2-1-3-9-30)39(48)45-25-23-32-10-4-5-11-34(32)28-45/h1-22,24,37H,23,25-28H2/t37-/m0/s1. The Labute approximate surface area is 278 Å². The van der Waals surface area contributed by atoms with Crippen molar-refractivity contribution in [3.8, 4) is 11.3 Å². The summed E-state index contributed by atoms with van der Waals surface area (Å²) in [5.74, 6) is -0.579. The van der Waals surface area contributed by atoms with Gasteiger partial charge in [0, 0.05) is 43.9 Å². The molecule has 242 valence electrons.